The summed E-state index contributed by atoms with van der Waals surface area (Å²) in [5, 5.41) is 17.1. The molecule has 1 aromatic carbocycles. The highest BCUT2D eigenvalue weighted by Gasteiger charge is 2.04. The minimum atomic E-state index is -0.878. The molecule has 0 bridgehead atoms. The number of hydrogen-bond donors (Lipinski definition) is 1. The Balaban J connectivity index is 2.77. The lowest BCUT2D eigenvalue weighted by atomic mass is 10.2. The zero-order chi connectivity index (χ0) is 10.6. The molecule has 0 aliphatic heterocycles. The Morgan fingerprint density at radius 1 is 1.50 bits per heavy atom. The maximum Gasteiger partial charge on any atom is 0.323 e. The molecule has 1 N–H and O–H groups in total. The van der Waals surface area contributed by atoms with Gasteiger partial charge in [-0.25, -0.2) is 0 Å². The van der Waals surface area contributed by atoms with Gasteiger partial charge in [0.1, 0.15) is 6.54 Å². The van der Waals surface area contributed by atoms with Gasteiger partial charge in [-0.2, -0.15) is 5.26 Å². The number of nitriles is 1. The van der Waals surface area contributed by atoms with Crippen LogP contribution in [0, 0.1) is 11.3 Å². The second kappa shape index (κ2) is 4.28. The SMILES string of the molecule is CN(CC(=O)O)c1ccc(C#N)cc1. The molecule has 0 heterocycles. The van der Waals surface area contributed by atoms with E-state index in [9.17, 15) is 4.79 Å². The average molecular weight is 190 g/mol. The number of anilines is 1. The average Bonchev–Trinajstić information content (AvgIpc) is 2.17. The van der Waals surface area contributed by atoms with Crippen molar-refractivity contribution in [2.45, 2.75) is 0 Å². The molecular formula is C10H10N2O2. The fourth-order valence-corrected chi connectivity index (χ4v) is 1.08. The number of carbonyl (C=O) groups is 1. The van der Waals surface area contributed by atoms with Crippen molar-refractivity contribution in [2.24, 2.45) is 0 Å². The van der Waals surface area contributed by atoms with Crippen molar-refractivity contribution in [1.29, 1.82) is 5.26 Å². The summed E-state index contributed by atoms with van der Waals surface area (Å²) in [5.41, 5.74) is 1.35. The highest BCUT2D eigenvalue weighted by molar-refractivity contribution is 5.73. The zero-order valence-corrected chi connectivity index (χ0v) is 7.77. The summed E-state index contributed by atoms with van der Waals surface area (Å²) >= 11 is 0. The molecule has 0 aliphatic rings. The van der Waals surface area contributed by atoms with Gasteiger partial charge in [0.2, 0.25) is 0 Å². The first-order valence-electron chi connectivity index (χ1n) is 4.06. The van der Waals surface area contributed by atoms with Crippen LogP contribution in [-0.4, -0.2) is 24.7 Å². The molecule has 1 rings (SSSR count). The second-order valence-corrected chi connectivity index (χ2v) is 2.91. The number of benzene rings is 1. The van der Waals surface area contributed by atoms with Crippen molar-refractivity contribution in [3.05, 3.63) is 29.8 Å². The molecule has 0 aromatic heterocycles. The van der Waals surface area contributed by atoms with Gasteiger partial charge in [-0.3, -0.25) is 4.79 Å². The number of hydrogen-bond acceptors (Lipinski definition) is 3. The summed E-state index contributed by atoms with van der Waals surface area (Å²) in [7, 11) is 1.69. The van der Waals surface area contributed by atoms with Crippen LogP contribution < -0.4 is 4.90 Å². The topological polar surface area (TPSA) is 64.3 Å². The van der Waals surface area contributed by atoms with Gasteiger partial charge in [-0.05, 0) is 24.3 Å². The van der Waals surface area contributed by atoms with E-state index in [0.717, 1.165) is 5.69 Å². The predicted molar refractivity (Wildman–Crippen MR) is 52.1 cm³/mol. The lowest BCUT2D eigenvalue weighted by molar-refractivity contribution is -0.135. The Hall–Kier alpha value is -2.02. The smallest absolute Gasteiger partial charge is 0.323 e. The van der Waals surface area contributed by atoms with Crippen LogP contribution in [0.3, 0.4) is 0 Å². The van der Waals surface area contributed by atoms with E-state index in [1.54, 1.807) is 36.2 Å². The molecule has 14 heavy (non-hydrogen) atoms. The van der Waals surface area contributed by atoms with E-state index in [1.807, 2.05) is 6.07 Å². The van der Waals surface area contributed by atoms with Crippen molar-refractivity contribution in [2.75, 3.05) is 18.5 Å². The summed E-state index contributed by atoms with van der Waals surface area (Å²) in [5.74, 6) is -0.878. The lowest BCUT2D eigenvalue weighted by Crippen LogP contribution is -2.24. The third kappa shape index (κ3) is 2.49. The molecule has 0 saturated carbocycles. The van der Waals surface area contributed by atoms with Crippen LogP contribution in [-0.2, 0) is 4.79 Å². The van der Waals surface area contributed by atoms with Crippen molar-refractivity contribution < 1.29 is 9.90 Å². The van der Waals surface area contributed by atoms with Crippen molar-refractivity contribution in [3.8, 4) is 6.07 Å². The van der Waals surface area contributed by atoms with Gasteiger partial charge in [0.25, 0.3) is 0 Å². The van der Waals surface area contributed by atoms with Crippen molar-refractivity contribution in [1.82, 2.24) is 0 Å². The lowest BCUT2D eigenvalue weighted by Gasteiger charge is -2.16. The molecule has 0 unspecified atom stereocenters. The van der Waals surface area contributed by atoms with E-state index in [-0.39, 0.29) is 6.54 Å². The Kier molecular flexibility index (Phi) is 3.08. The molecular weight excluding hydrogens is 180 g/mol. The van der Waals surface area contributed by atoms with Gasteiger partial charge < -0.3 is 10.0 Å². The number of carboxylic acid groups (broad SMARTS) is 1. The fourth-order valence-electron chi connectivity index (χ4n) is 1.08. The van der Waals surface area contributed by atoms with Crippen LogP contribution in [0.2, 0.25) is 0 Å². The predicted octanol–water partition coefficient (Wildman–Crippen LogP) is 1.08. The van der Waals surface area contributed by atoms with Crippen LogP contribution >= 0.6 is 0 Å². The summed E-state index contributed by atoms with van der Waals surface area (Å²) < 4.78 is 0. The van der Waals surface area contributed by atoms with E-state index in [1.165, 1.54) is 0 Å². The van der Waals surface area contributed by atoms with E-state index in [2.05, 4.69) is 0 Å². The maximum absolute atomic E-state index is 10.4. The van der Waals surface area contributed by atoms with Gasteiger partial charge in [0, 0.05) is 12.7 Å². The van der Waals surface area contributed by atoms with E-state index in [4.69, 9.17) is 10.4 Å². The normalized spacial score (nSPS) is 9.14. The van der Waals surface area contributed by atoms with Crippen LogP contribution in [0.4, 0.5) is 5.69 Å². The van der Waals surface area contributed by atoms with Gasteiger partial charge in [-0.1, -0.05) is 0 Å². The van der Waals surface area contributed by atoms with Gasteiger partial charge in [0.05, 0.1) is 11.6 Å². The number of nitrogens with zero attached hydrogens (tertiary/aromatic N) is 2. The minimum Gasteiger partial charge on any atom is -0.480 e. The first-order valence-corrected chi connectivity index (χ1v) is 4.06. The highest BCUT2D eigenvalue weighted by atomic mass is 16.4. The monoisotopic (exact) mass is 190 g/mol. The first kappa shape index (κ1) is 10.1. The molecule has 0 atom stereocenters. The van der Waals surface area contributed by atoms with Crippen LogP contribution in [0.25, 0.3) is 0 Å². The summed E-state index contributed by atoms with van der Waals surface area (Å²) in [6.45, 7) is -0.0497. The summed E-state index contributed by atoms with van der Waals surface area (Å²) in [4.78, 5) is 12.0. The number of likely N-dealkylation sites (N-methyl/N-ethyl adjacent to an activating group) is 1. The molecule has 0 radical (unpaired) electrons. The molecule has 0 spiro atoms. The Morgan fingerprint density at radius 3 is 2.50 bits per heavy atom. The fraction of sp³-hybridized carbons (Fsp3) is 0.200. The molecule has 4 nitrogen and oxygen atoms in total. The minimum absolute atomic E-state index is 0.0497. The quantitative estimate of drug-likeness (QED) is 0.774. The molecule has 4 heteroatoms. The van der Waals surface area contributed by atoms with Crippen LogP contribution in [0.15, 0.2) is 24.3 Å². The molecule has 72 valence electrons. The van der Waals surface area contributed by atoms with E-state index < -0.39 is 5.97 Å². The van der Waals surface area contributed by atoms with Gasteiger partial charge in [-0.15, -0.1) is 0 Å². The van der Waals surface area contributed by atoms with Crippen LogP contribution in [0.1, 0.15) is 5.56 Å². The molecule has 0 fully saturated rings. The van der Waals surface area contributed by atoms with Gasteiger partial charge in [0.15, 0.2) is 0 Å². The van der Waals surface area contributed by atoms with Crippen molar-refractivity contribution >= 4 is 11.7 Å². The Labute approximate surface area is 82.0 Å². The summed E-state index contributed by atoms with van der Waals surface area (Å²) in [6.07, 6.45) is 0. The molecule has 0 amide bonds. The Morgan fingerprint density at radius 2 is 2.07 bits per heavy atom. The molecule has 0 saturated heterocycles. The van der Waals surface area contributed by atoms with Crippen LogP contribution in [0.5, 0.6) is 0 Å². The standard InChI is InChI=1S/C10H10N2O2/c1-12(7-10(13)14)9-4-2-8(6-11)3-5-9/h2-5H,7H2,1H3,(H,13,14). The summed E-state index contributed by atoms with van der Waals surface area (Å²) in [6, 6.07) is 8.77. The highest BCUT2D eigenvalue weighted by Crippen LogP contribution is 2.12. The number of rotatable bonds is 3. The first-order chi connectivity index (χ1) is 6.63. The molecule has 1 aromatic rings. The number of carboxylic acids is 1. The van der Waals surface area contributed by atoms with E-state index >= 15 is 0 Å². The Bertz CT molecular complexity index is 365. The van der Waals surface area contributed by atoms with E-state index in [0.29, 0.717) is 5.56 Å². The maximum atomic E-state index is 10.4. The largest absolute Gasteiger partial charge is 0.480 e. The van der Waals surface area contributed by atoms with Crippen molar-refractivity contribution in [3.63, 3.8) is 0 Å². The second-order valence-electron chi connectivity index (χ2n) is 2.91. The zero-order valence-electron chi connectivity index (χ0n) is 7.77. The van der Waals surface area contributed by atoms with Gasteiger partial charge >= 0.3 is 5.97 Å². The molecule has 0 aliphatic carbocycles. The number of aliphatic carboxylic acids is 1. The third-order valence-electron chi connectivity index (χ3n) is 1.81. The third-order valence-corrected chi connectivity index (χ3v) is 1.81.